The van der Waals surface area contributed by atoms with Crippen molar-refractivity contribution >= 4 is 5.78 Å². The van der Waals surface area contributed by atoms with Crippen LogP contribution in [0.15, 0.2) is 78.9 Å². The average molecular weight is 369 g/mol. The third-order valence-electron chi connectivity index (χ3n) is 5.02. The van der Waals surface area contributed by atoms with E-state index in [4.69, 9.17) is 4.74 Å². The zero-order valence-electron chi connectivity index (χ0n) is 16.1. The van der Waals surface area contributed by atoms with Gasteiger partial charge in [0.2, 0.25) is 0 Å². The molecule has 0 aliphatic rings. The Morgan fingerprint density at radius 2 is 1.57 bits per heavy atom. The second kappa shape index (κ2) is 9.01. The highest BCUT2D eigenvalue weighted by atomic mass is 16.5. The lowest BCUT2D eigenvalue weighted by Crippen LogP contribution is -2.15. The first-order valence-electron chi connectivity index (χ1n) is 9.30. The van der Waals surface area contributed by atoms with Crippen molar-refractivity contribution in [3.05, 3.63) is 101 Å². The lowest BCUT2D eigenvalue weighted by molar-refractivity contribution is 0.0972. The van der Waals surface area contributed by atoms with E-state index < -0.39 is 5.92 Å². The Bertz CT molecular complexity index is 954. The fraction of sp³-hybridized carbons (Fsp3) is 0.200. The molecule has 3 rings (SSSR count). The van der Waals surface area contributed by atoms with Gasteiger partial charge in [0.05, 0.1) is 19.1 Å². The maximum absolute atomic E-state index is 13.0. The first-order valence-corrected chi connectivity index (χ1v) is 9.30. The Kier molecular flexibility index (Phi) is 6.24. The van der Waals surface area contributed by atoms with E-state index >= 15 is 0 Å². The minimum atomic E-state index is -0.413. The molecule has 0 N–H and O–H groups in total. The Balaban J connectivity index is 1.96. The van der Waals surface area contributed by atoms with Crippen LogP contribution in [-0.4, -0.2) is 12.9 Å². The molecule has 0 bridgehead atoms. The summed E-state index contributed by atoms with van der Waals surface area (Å²) in [5, 5.41) is 9.95. The van der Waals surface area contributed by atoms with Gasteiger partial charge < -0.3 is 4.74 Å². The van der Waals surface area contributed by atoms with Crippen LogP contribution >= 0.6 is 0 Å². The van der Waals surface area contributed by atoms with E-state index in [1.165, 1.54) is 0 Å². The van der Waals surface area contributed by atoms with Crippen molar-refractivity contribution < 1.29 is 9.53 Å². The van der Waals surface area contributed by atoms with Crippen molar-refractivity contribution in [3.63, 3.8) is 0 Å². The molecule has 0 saturated heterocycles. The van der Waals surface area contributed by atoms with Gasteiger partial charge in [0.15, 0.2) is 5.78 Å². The van der Waals surface area contributed by atoms with Gasteiger partial charge in [0.25, 0.3) is 0 Å². The second-order valence-corrected chi connectivity index (χ2v) is 6.89. The molecular formula is C25H23NO2. The smallest absolute Gasteiger partial charge is 0.163 e. The summed E-state index contributed by atoms with van der Waals surface area (Å²) in [7, 11) is 1.62. The summed E-state index contributed by atoms with van der Waals surface area (Å²) in [6.45, 7) is 2.00. The minimum absolute atomic E-state index is 0.0389. The SMILES string of the molecule is COc1ccc(C(CC(=O)c2ccc(C)cc2)C(C#N)c2ccccc2)cc1. The monoisotopic (exact) mass is 369 g/mol. The predicted octanol–water partition coefficient (Wildman–Crippen LogP) is 5.67. The molecule has 3 nitrogen and oxygen atoms in total. The standard InChI is InChI=1S/C25H23NO2/c1-18-8-10-21(11-9-18)25(27)16-23(20-12-14-22(28-2)15-13-20)24(17-26)19-6-4-3-5-7-19/h3-15,23-24H,16H2,1-2H3. The van der Waals surface area contributed by atoms with E-state index in [2.05, 4.69) is 6.07 Å². The maximum Gasteiger partial charge on any atom is 0.163 e. The van der Waals surface area contributed by atoms with Crippen molar-refractivity contribution in [1.82, 2.24) is 0 Å². The Morgan fingerprint density at radius 3 is 2.14 bits per heavy atom. The van der Waals surface area contributed by atoms with Gasteiger partial charge in [-0.05, 0) is 30.2 Å². The molecule has 0 aliphatic carbocycles. The summed E-state index contributed by atoms with van der Waals surface area (Å²) < 4.78 is 5.25. The summed E-state index contributed by atoms with van der Waals surface area (Å²) in [6, 6.07) is 27.3. The molecule has 3 aromatic rings. The Morgan fingerprint density at radius 1 is 0.929 bits per heavy atom. The Hall–Kier alpha value is -3.38. The van der Waals surface area contributed by atoms with Crippen molar-refractivity contribution in [1.29, 1.82) is 5.26 Å². The highest BCUT2D eigenvalue weighted by Gasteiger charge is 2.27. The Labute approximate surface area is 166 Å². The van der Waals surface area contributed by atoms with Crippen molar-refractivity contribution in [2.24, 2.45) is 0 Å². The highest BCUT2D eigenvalue weighted by molar-refractivity contribution is 5.96. The van der Waals surface area contributed by atoms with Crippen LogP contribution in [0, 0.1) is 18.3 Å². The number of rotatable bonds is 7. The van der Waals surface area contributed by atoms with Crippen LogP contribution in [0.5, 0.6) is 5.75 Å². The summed E-state index contributed by atoms with van der Waals surface area (Å²) >= 11 is 0. The molecule has 3 aromatic carbocycles. The molecule has 0 radical (unpaired) electrons. The van der Waals surface area contributed by atoms with Crippen LogP contribution in [0.3, 0.4) is 0 Å². The number of aryl methyl sites for hydroxylation is 1. The molecule has 0 aliphatic heterocycles. The predicted molar refractivity (Wildman–Crippen MR) is 111 cm³/mol. The third kappa shape index (κ3) is 4.47. The lowest BCUT2D eigenvalue weighted by Gasteiger charge is -2.23. The number of carbonyl (C=O) groups excluding carboxylic acids is 1. The second-order valence-electron chi connectivity index (χ2n) is 6.89. The van der Waals surface area contributed by atoms with E-state index in [1.807, 2.05) is 85.8 Å². The summed E-state index contributed by atoms with van der Waals surface area (Å²) in [5.41, 5.74) is 3.66. The third-order valence-corrected chi connectivity index (χ3v) is 5.02. The minimum Gasteiger partial charge on any atom is -0.497 e. The van der Waals surface area contributed by atoms with Crippen LogP contribution in [0.2, 0.25) is 0 Å². The number of Topliss-reactive ketones (excluding diaryl/α,β-unsaturated/α-hetero) is 1. The largest absolute Gasteiger partial charge is 0.497 e. The lowest BCUT2D eigenvalue weighted by atomic mass is 9.78. The van der Waals surface area contributed by atoms with Gasteiger partial charge in [-0.15, -0.1) is 0 Å². The molecule has 28 heavy (non-hydrogen) atoms. The number of ether oxygens (including phenoxy) is 1. The highest BCUT2D eigenvalue weighted by Crippen LogP contribution is 2.37. The van der Waals surface area contributed by atoms with E-state index in [0.717, 1.165) is 22.4 Å². The number of methoxy groups -OCH3 is 1. The molecule has 2 atom stereocenters. The molecule has 2 unspecified atom stereocenters. The maximum atomic E-state index is 13.0. The van der Waals surface area contributed by atoms with Gasteiger partial charge in [-0.1, -0.05) is 72.3 Å². The van der Waals surface area contributed by atoms with Crippen LogP contribution in [-0.2, 0) is 0 Å². The van der Waals surface area contributed by atoms with Crippen LogP contribution < -0.4 is 4.74 Å². The molecule has 0 fully saturated rings. The van der Waals surface area contributed by atoms with Crippen molar-refractivity contribution in [2.45, 2.75) is 25.2 Å². The number of nitrogens with zero attached hydrogens (tertiary/aromatic N) is 1. The van der Waals surface area contributed by atoms with Gasteiger partial charge in [-0.2, -0.15) is 5.26 Å². The van der Waals surface area contributed by atoms with Crippen molar-refractivity contribution in [2.75, 3.05) is 7.11 Å². The number of carbonyl (C=O) groups is 1. The molecule has 0 heterocycles. The van der Waals surface area contributed by atoms with E-state index in [0.29, 0.717) is 5.56 Å². The first kappa shape index (κ1) is 19.4. The van der Waals surface area contributed by atoms with Gasteiger partial charge in [-0.3, -0.25) is 4.79 Å². The molecule has 0 amide bonds. The summed E-state index contributed by atoms with van der Waals surface area (Å²) in [6.07, 6.45) is 0.266. The van der Waals surface area contributed by atoms with Gasteiger partial charge in [0.1, 0.15) is 5.75 Å². The van der Waals surface area contributed by atoms with Gasteiger partial charge in [-0.25, -0.2) is 0 Å². The molecule has 0 aromatic heterocycles. The normalized spacial score (nSPS) is 12.6. The summed E-state index contributed by atoms with van der Waals surface area (Å²) in [4.78, 5) is 13.0. The van der Waals surface area contributed by atoms with Crippen LogP contribution in [0.1, 0.15) is 45.3 Å². The van der Waals surface area contributed by atoms with E-state index in [-0.39, 0.29) is 18.1 Å². The number of ketones is 1. The van der Waals surface area contributed by atoms with Crippen molar-refractivity contribution in [3.8, 4) is 11.8 Å². The van der Waals surface area contributed by atoms with E-state index in [1.54, 1.807) is 7.11 Å². The van der Waals surface area contributed by atoms with E-state index in [9.17, 15) is 10.1 Å². The molecule has 140 valence electrons. The average Bonchev–Trinajstić information content (AvgIpc) is 2.75. The molecule has 0 spiro atoms. The first-order chi connectivity index (χ1) is 13.6. The zero-order chi connectivity index (χ0) is 19.9. The van der Waals surface area contributed by atoms with Crippen LogP contribution in [0.4, 0.5) is 0 Å². The number of benzene rings is 3. The molecular weight excluding hydrogens is 346 g/mol. The number of hydrogen-bond acceptors (Lipinski definition) is 3. The van der Waals surface area contributed by atoms with Gasteiger partial charge in [0, 0.05) is 17.9 Å². The van der Waals surface area contributed by atoms with Gasteiger partial charge >= 0.3 is 0 Å². The summed E-state index contributed by atoms with van der Waals surface area (Å²) in [5.74, 6) is 0.133. The fourth-order valence-electron chi connectivity index (χ4n) is 3.39. The molecule has 0 saturated carbocycles. The number of nitriles is 1. The topological polar surface area (TPSA) is 50.1 Å². The zero-order valence-corrected chi connectivity index (χ0v) is 16.1. The molecule has 3 heteroatoms. The number of hydrogen-bond donors (Lipinski definition) is 0. The quantitative estimate of drug-likeness (QED) is 0.504. The fourth-order valence-corrected chi connectivity index (χ4v) is 3.39. The van der Waals surface area contributed by atoms with Crippen LogP contribution in [0.25, 0.3) is 0 Å².